The Hall–Kier alpha value is -3.55. The lowest BCUT2D eigenvalue weighted by molar-refractivity contribution is -0.113. The molecule has 1 aliphatic rings. The molecule has 1 atom stereocenters. The summed E-state index contributed by atoms with van der Waals surface area (Å²) >= 11 is 0. The topological polar surface area (TPSA) is 84.7 Å². The zero-order chi connectivity index (χ0) is 19.8. The van der Waals surface area contributed by atoms with Gasteiger partial charge >= 0.3 is 0 Å². The molecule has 4 rings (SSSR count). The Labute approximate surface area is 161 Å². The maximum absolute atomic E-state index is 13.9. The van der Waals surface area contributed by atoms with Gasteiger partial charge in [0.2, 0.25) is 5.95 Å². The lowest BCUT2D eigenvalue weighted by Crippen LogP contribution is -2.31. The molecular formula is C20H19FN6O. The molecule has 0 aliphatic carbocycles. The van der Waals surface area contributed by atoms with E-state index in [0.29, 0.717) is 22.8 Å². The van der Waals surface area contributed by atoms with Crippen molar-refractivity contribution in [3.63, 3.8) is 0 Å². The first-order valence-electron chi connectivity index (χ1n) is 8.84. The molecule has 0 saturated heterocycles. The van der Waals surface area contributed by atoms with Gasteiger partial charge in [-0.25, -0.2) is 4.39 Å². The molecule has 0 spiro atoms. The van der Waals surface area contributed by atoms with E-state index >= 15 is 0 Å². The van der Waals surface area contributed by atoms with Crippen LogP contribution in [0.1, 0.15) is 29.7 Å². The van der Waals surface area contributed by atoms with Crippen molar-refractivity contribution in [3.8, 4) is 0 Å². The molecule has 7 nitrogen and oxygen atoms in total. The molecule has 0 radical (unpaired) electrons. The van der Waals surface area contributed by atoms with Crippen molar-refractivity contribution in [3.05, 3.63) is 76.2 Å². The van der Waals surface area contributed by atoms with E-state index < -0.39 is 11.9 Å². The normalized spacial score (nSPS) is 15.8. The Morgan fingerprint density at radius 3 is 2.75 bits per heavy atom. The van der Waals surface area contributed by atoms with E-state index in [4.69, 9.17) is 0 Å². The van der Waals surface area contributed by atoms with Crippen molar-refractivity contribution in [2.45, 2.75) is 26.8 Å². The van der Waals surface area contributed by atoms with Gasteiger partial charge in [-0.1, -0.05) is 34.9 Å². The molecule has 0 saturated carbocycles. The fourth-order valence-corrected chi connectivity index (χ4v) is 3.43. The number of anilines is 2. The number of nitrogens with one attached hydrogen (secondary N) is 2. The first-order valence-corrected chi connectivity index (χ1v) is 8.84. The van der Waals surface area contributed by atoms with Gasteiger partial charge in [0, 0.05) is 11.4 Å². The highest BCUT2D eigenvalue weighted by molar-refractivity contribution is 6.06. The highest BCUT2D eigenvalue weighted by atomic mass is 19.1. The molecule has 0 fully saturated rings. The molecule has 2 aromatic carbocycles. The number of hydrogen-bond acceptors (Lipinski definition) is 5. The third-order valence-electron chi connectivity index (χ3n) is 4.75. The molecule has 2 N–H and O–H groups in total. The molecule has 28 heavy (non-hydrogen) atoms. The average molecular weight is 378 g/mol. The van der Waals surface area contributed by atoms with Gasteiger partial charge in [-0.2, -0.15) is 4.68 Å². The van der Waals surface area contributed by atoms with E-state index in [1.54, 1.807) is 19.1 Å². The maximum Gasteiger partial charge on any atom is 0.255 e. The standard InChI is InChI=1S/C20H19FN6O/c1-11-7-8-16(12(2)9-11)23-19(28)17-13(3)22-20-24-25-26-27(20)18(17)14-5-4-6-15(21)10-14/h4-10,18H,1-3H3,(H,23,28)(H,22,24,26). The maximum atomic E-state index is 13.9. The number of halogens is 1. The number of hydrogen-bond donors (Lipinski definition) is 2. The van der Waals surface area contributed by atoms with Crippen molar-refractivity contribution >= 4 is 17.5 Å². The van der Waals surface area contributed by atoms with E-state index in [0.717, 1.165) is 16.8 Å². The van der Waals surface area contributed by atoms with Crippen LogP contribution in [0.25, 0.3) is 0 Å². The molecular weight excluding hydrogens is 359 g/mol. The summed E-state index contributed by atoms with van der Waals surface area (Å²) in [5.74, 6) is -0.292. The van der Waals surface area contributed by atoms with Crippen LogP contribution < -0.4 is 10.6 Å². The third kappa shape index (κ3) is 3.13. The van der Waals surface area contributed by atoms with Gasteiger partial charge < -0.3 is 10.6 Å². The zero-order valence-corrected chi connectivity index (χ0v) is 15.7. The Morgan fingerprint density at radius 2 is 2.00 bits per heavy atom. The summed E-state index contributed by atoms with van der Waals surface area (Å²) in [5, 5.41) is 17.6. The minimum Gasteiger partial charge on any atom is -0.326 e. The molecule has 8 heteroatoms. The van der Waals surface area contributed by atoms with Crippen molar-refractivity contribution in [2.24, 2.45) is 0 Å². The first kappa shape index (κ1) is 17.8. The summed E-state index contributed by atoms with van der Waals surface area (Å²) in [4.78, 5) is 13.2. The third-order valence-corrected chi connectivity index (χ3v) is 4.75. The first-order chi connectivity index (χ1) is 13.4. The van der Waals surface area contributed by atoms with Crippen molar-refractivity contribution in [1.29, 1.82) is 0 Å². The van der Waals surface area contributed by atoms with Crippen LogP contribution in [-0.4, -0.2) is 26.1 Å². The smallest absolute Gasteiger partial charge is 0.255 e. The lowest BCUT2D eigenvalue weighted by Gasteiger charge is -2.28. The fourth-order valence-electron chi connectivity index (χ4n) is 3.43. The van der Waals surface area contributed by atoms with Crippen LogP contribution in [0.5, 0.6) is 0 Å². The molecule has 1 aromatic heterocycles. The number of fused-ring (bicyclic) bond motifs is 1. The van der Waals surface area contributed by atoms with Crippen LogP contribution in [0.3, 0.4) is 0 Å². The van der Waals surface area contributed by atoms with Crippen LogP contribution in [0, 0.1) is 19.7 Å². The Balaban J connectivity index is 1.77. The minimum absolute atomic E-state index is 0.299. The second-order valence-electron chi connectivity index (χ2n) is 6.84. The summed E-state index contributed by atoms with van der Waals surface area (Å²) in [6.07, 6.45) is 0. The summed E-state index contributed by atoms with van der Waals surface area (Å²) in [6.45, 7) is 5.71. The SMILES string of the molecule is CC1=C(C(=O)Nc2ccc(C)cc2C)C(c2cccc(F)c2)n2nnnc2N1. The van der Waals surface area contributed by atoms with Crippen molar-refractivity contribution < 1.29 is 9.18 Å². The zero-order valence-electron chi connectivity index (χ0n) is 15.7. The van der Waals surface area contributed by atoms with Crippen molar-refractivity contribution in [2.75, 3.05) is 10.6 Å². The van der Waals surface area contributed by atoms with Crippen LogP contribution in [0.15, 0.2) is 53.7 Å². The Morgan fingerprint density at radius 1 is 1.18 bits per heavy atom. The van der Waals surface area contributed by atoms with Crippen LogP contribution in [-0.2, 0) is 4.79 Å². The van der Waals surface area contributed by atoms with Gasteiger partial charge in [0.15, 0.2) is 0 Å². The second kappa shape index (κ2) is 6.88. The van der Waals surface area contributed by atoms with Crippen LogP contribution in [0.4, 0.5) is 16.0 Å². The van der Waals surface area contributed by atoms with Crippen molar-refractivity contribution in [1.82, 2.24) is 20.2 Å². The molecule has 3 aromatic rings. The van der Waals surface area contributed by atoms with Gasteiger partial charge in [-0.05, 0) is 60.5 Å². The summed E-state index contributed by atoms with van der Waals surface area (Å²) in [7, 11) is 0. The van der Waals surface area contributed by atoms with Crippen LogP contribution >= 0.6 is 0 Å². The highest BCUT2D eigenvalue weighted by Gasteiger charge is 2.34. The number of aromatic nitrogens is 4. The molecule has 1 unspecified atom stereocenters. The van der Waals surface area contributed by atoms with E-state index in [-0.39, 0.29) is 5.91 Å². The monoisotopic (exact) mass is 378 g/mol. The largest absolute Gasteiger partial charge is 0.326 e. The number of benzene rings is 2. The number of amides is 1. The second-order valence-corrected chi connectivity index (χ2v) is 6.84. The molecule has 0 bridgehead atoms. The fraction of sp³-hybridized carbons (Fsp3) is 0.200. The number of rotatable bonds is 3. The molecule has 2 heterocycles. The van der Waals surface area contributed by atoms with Gasteiger partial charge in [-0.3, -0.25) is 4.79 Å². The van der Waals surface area contributed by atoms with Gasteiger partial charge in [0.25, 0.3) is 5.91 Å². The minimum atomic E-state index is -0.646. The number of allylic oxidation sites excluding steroid dienone is 1. The van der Waals surface area contributed by atoms with E-state index in [1.807, 2.05) is 32.0 Å². The number of carbonyl (C=O) groups is 1. The number of nitrogens with zero attached hydrogens (tertiary/aromatic N) is 4. The summed E-state index contributed by atoms with van der Waals surface area (Å²) < 4.78 is 15.4. The Kier molecular flexibility index (Phi) is 4.38. The van der Waals surface area contributed by atoms with Gasteiger partial charge in [0.1, 0.15) is 11.9 Å². The lowest BCUT2D eigenvalue weighted by atomic mass is 9.95. The average Bonchev–Trinajstić information content (AvgIpc) is 3.10. The van der Waals surface area contributed by atoms with E-state index in [9.17, 15) is 9.18 Å². The van der Waals surface area contributed by atoms with E-state index in [1.165, 1.54) is 16.8 Å². The number of aryl methyl sites for hydroxylation is 2. The molecule has 142 valence electrons. The summed E-state index contributed by atoms with van der Waals surface area (Å²) in [5.41, 5.74) is 4.41. The predicted molar refractivity (Wildman–Crippen MR) is 103 cm³/mol. The van der Waals surface area contributed by atoms with Crippen LogP contribution in [0.2, 0.25) is 0 Å². The molecule has 1 aliphatic heterocycles. The quantitative estimate of drug-likeness (QED) is 0.730. The highest BCUT2D eigenvalue weighted by Crippen LogP contribution is 2.35. The van der Waals surface area contributed by atoms with Gasteiger partial charge in [0.05, 0.1) is 5.57 Å². The number of tetrazole rings is 1. The number of carbonyl (C=O) groups excluding carboxylic acids is 1. The van der Waals surface area contributed by atoms with Gasteiger partial charge in [-0.15, -0.1) is 0 Å². The Bertz CT molecular complexity index is 1100. The van der Waals surface area contributed by atoms with E-state index in [2.05, 4.69) is 26.2 Å². The summed E-state index contributed by atoms with van der Waals surface area (Å²) in [6, 6.07) is 11.3. The predicted octanol–water partition coefficient (Wildman–Crippen LogP) is 3.36. The molecule has 1 amide bonds.